The van der Waals surface area contributed by atoms with E-state index in [-0.39, 0.29) is 16.8 Å². The van der Waals surface area contributed by atoms with Crippen molar-refractivity contribution in [1.82, 2.24) is 0 Å². The summed E-state index contributed by atoms with van der Waals surface area (Å²) in [7, 11) is 0. The Morgan fingerprint density at radius 2 is 1.65 bits per heavy atom. The SMILES string of the molecule is CCCCN(CC)c1ccc(C(=O)Nc2ccc(NC(=O)c3ccoc3)cc2C(F)(F)F)cc1. The standard InChI is InChI=1S/C25H26F3N3O3/c1-3-5-13-31(4-2)20-9-6-17(7-10-20)23(32)30-22-11-8-19(15-21(22)25(26,27)28)29-24(33)18-12-14-34-16-18/h6-12,14-16H,3-5,13H2,1-2H3,(H,29,33)(H,30,32). The third kappa shape index (κ3) is 6.18. The molecule has 0 saturated carbocycles. The van der Waals surface area contributed by atoms with Crippen molar-refractivity contribution in [3.05, 3.63) is 77.7 Å². The first kappa shape index (κ1) is 24.9. The molecule has 0 aliphatic carbocycles. The smallest absolute Gasteiger partial charge is 0.418 e. The molecule has 3 aromatic rings. The number of halogens is 3. The molecule has 2 amide bonds. The molecule has 0 aliphatic rings. The van der Waals surface area contributed by atoms with Crippen LogP contribution in [0, 0.1) is 0 Å². The van der Waals surface area contributed by atoms with Crippen LogP contribution < -0.4 is 15.5 Å². The predicted molar refractivity (Wildman–Crippen MR) is 125 cm³/mol. The number of hydrogen-bond donors (Lipinski definition) is 2. The van der Waals surface area contributed by atoms with Crippen LogP contribution in [0.25, 0.3) is 0 Å². The number of hydrogen-bond acceptors (Lipinski definition) is 4. The third-order valence-electron chi connectivity index (χ3n) is 5.27. The van der Waals surface area contributed by atoms with Crippen LogP contribution in [-0.2, 0) is 6.18 Å². The molecule has 0 fully saturated rings. The van der Waals surface area contributed by atoms with Gasteiger partial charge in [0, 0.05) is 30.0 Å². The molecule has 0 radical (unpaired) electrons. The summed E-state index contributed by atoms with van der Waals surface area (Å²) < 4.78 is 45.9. The first-order valence-corrected chi connectivity index (χ1v) is 10.9. The van der Waals surface area contributed by atoms with Crippen LogP contribution >= 0.6 is 0 Å². The Labute approximate surface area is 195 Å². The molecule has 0 bridgehead atoms. The number of unbranched alkanes of at least 4 members (excludes halogenated alkanes) is 1. The van der Waals surface area contributed by atoms with Crippen LogP contribution in [0.3, 0.4) is 0 Å². The average Bonchev–Trinajstić information content (AvgIpc) is 3.35. The van der Waals surface area contributed by atoms with E-state index in [1.165, 1.54) is 24.7 Å². The highest BCUT2D eigenvalue weighted by atomic mass is 19.4. The zero-order valence-electron chi connectivity index (χ0n) is 18.9. The fraction of sp³-hybridized carbons (Fsp3) is 0.280. The van der Waals surface area contributed by atoms with Gasteiger partial charge in [-0.1, -0.05) is 13.3 Å². The summed E-state index contributed by atoms with van der Waals surface area (Å²) in [5, 5.41) is 4.73. The number of carbonyl (C=O) groups is 2. The number of nitrogens with zero attached hydrogens (tertiary/aromatic N) is 1. The summed E-state index contributed by atoms with van der Waals surface area (Å²) in [5.74, 6) is -1.28. The summed E-state index contributed by atoms with van der Waals surface area (Å²) >= 11 is 0. The van der Waals surface area contributed by atoms with Crippen molar-refractivity contribution < 1.29 is 27.2 Å². The lowest BCUT2D eigenvalue weighted by atomic mass is 10.1. The molecule has 2 N–H and O–H groups in total. The van der Waals surface area contributed by atoms with Crippen LogP contribution in [-0.4, -0.2) is 24.9 Å². The van der Waals surface area contributed by atoms with Gasteiger partial charge in [-0.15, -0.1) is 0 Å². The minimum absolute atomic E-state index is 0.0624. The maximum Gasteiger partial charge on any atom is 0.418 e. The maximum atomic E-state index is 13.7. The average molecular weight is 473 g/mol. The number of alkyl halides is 3. The van der Waals surface area contributed by atoms with Gasteiger partial charge in [-0.2, -0.15) is 13.2 Å². The lowest BCUT2D eigenvalue weighted by molar-refractivity contribution is -0.136. The van der Waals surface area contributed by atoms with E-state index in [1.807, 2.05) is 6.92 Å². The lowest BCUT2D eigenvalue weighted by Crippen LogP contribution is -2.24. The van der Waals surface area contributed by atoms with Crippen LogP contribution in [0.1, 0.15) is 53.0 Å². The molecule has 3 rings (SSSR count). The topological polar surface area (TPSA) is 74.6 Å². The molecule has 6 nitrogen and oxygen atoms in total. The third-order valence-corrected chi connectivity index (χ3v) is 5.27. The van der Waals surface area contributed by atoms with Crippen molar-refractivity contribution in [2.45, 2.75) is 32.9 Å². The number of rotatable bonds is 9. The number of nitrogens with one attached hydrogen (secondary N) is 2. The molecule has 0 saturated heterocycles. The molecule has 0 atom stereocenters. The second-order valence-electron chi connectivity index (χ2n) is 7.66. The Morgan fingerprint density at radius 3 is 2.24 bits per heavy atom. The highest BCUT2D eigenvalue weighted by Crippen LogP contribution is 2.37. The van der Waals surface area contributed by atoms with E-state index in [0.29, 0.717) is 0 Å². The molecular formula is C25H26F3N3O3. The van der Waals surface area contributed by atoms with Crippen molar-refractivity contribution >= 4 is 28.9 Å². The minimum atomic E-state index is -4.75. The molecule has 34 heavy (non-hydrogen) atoms. The second-order valence-corrected chi connectivity index (χ2v) is 7.66. The van der Waals surface area contributed by atoms with E-state index < -0.39 is 29.2 Å². The fourth-order valence-electron chi connectivity index (χ4n) is 3.40. The maximum absolute atomic E-state index is 13.7. The summed E-state index contributed by atoms with van der Waals surface area (Å²) in [6, 6.07) is 11.3. The summed E-state index contributed by atoms with van der Waals surface area (Å²) in [6.45, 7) is 5.84. The van der Waals surface area contributed by atoms with Crippen molar-refractivity contribution in [2.75, 3.05) is 28.6 Å². The molecular weight excluding hydrogens is 447 g/mol. The van der Waals surface area contributed by atoms with Crippen molar-refractivity contribution in [2.24, 2.45) is 0 Å². The number of anilines is 3. The predicted octanol–water partition coefficient (Wildman–Crippen LogP) is 6.43. The first-order valence-electron chi connectivity index (χ1n) is 10.9. The van der Waals surface area contributed by atoms with Gasteiger partial charge in [-0.25, -0.2) is 0 Å². The number of carbonyl (C=O) groups excluding carboxylic acids is 2. The molecule has 1 aromatic heterocycles. The van der Waals surface area contributed by atoms with Gasteiger partial charge < -0.3 is 20.0 Å². The van der Waals surface area contributed by atoms with E-state index in [2.05, 4.69) is 22.5 Å². The normalized spacial score (nSPS) is 11.2. The van der Waals surface area contributed by atoms with Gasteiger partial charge >= 0.3 is 6.18 Å². The van der Waals surface area contributed by atoms with Gasteiger partial charge in [0.25, 0.3) is 11.8 Å². The van der Waals surface area contributed by atoms with E-state index in [4.69, 9.17) is 4.42 Å². The van der Waals surface area contributed by atoms with Crippen LogP contribution in [0.5, 0.6) is 0 Å². The molecule has 2 aromatic carbocycles. The van der Waals surface area contributed by atoms with Gasteiger partial charge in [0.1, 0.15) is 6.26 Å². The van der Waals surface area contributed by atoms with Crippen LogP contribution in [0.15, 0.2) is 65.5 Å². The van der Waals surface area contributed by atoms with Gasteiger partial charge in [-0.3, -0.25) is 9.59 Å². The largest absolute Gasteiger partial charge is 0.472 e. The molecule has 0 aliphatic heterocycles. The van der Waals surface area contributed by atoms with Crippen molar-refractivity contribution in [1.29, 1.82) is 0 Å². The Kier molecular flexibility index (Phi) is 7.99. The number of benzene rings is 2. The molecule has 9 heteroatoms. The van der Waals surface area contributed by atoms with E-state index >= 15 is 0 Å². The van der Waals surface area contributed by atoms with Gasteiger partial charge in [0.05, 0.1) is 23.1 Å². The number of furan rings is 1. The minimum Gasteiger partial charge on any atom is -0.472 e. The molecule has 0 unspecified atom stereocenters. The van der Waals surface area contributed by atoms with Crippen molar-refractivity contribution in [3.8, 4) is 0 Å². The molecule has 1 heterocycles. The van der Waals surface area contributed by atoms with E-state index in [9.17, 15) is 22.8 Å². The van der Waals surface area contributed by atoms with Gasteiger partial charge in [-0.05, 0) is 61.9 Å². The quantitative estimate of drug-likeness (QED) is 0.376. The lowest BCUT2D eigenvalue weighted by Gasteiger charge is -2.23. The van der Waals surface area contributed by atoms with Crippen LogP contribution in [0.2, 0.25) is 0 Å². The first-order chi connectivity index (χ1) is 16.2. The Hall–Kier alpha value is -3.75. The Bertz CT molecular complexity index is 1110. The highest BCUT2D eigenvalue weighted by Gasteiger charge is 2.34. The Morgan fingerprint density at radius 1 is 0.941 bits per heavy atom. The van der Waals surface area contributed by atoms with Gasteiger partial charge in [0.2, 0.25) is 0 Å². The van der Waals surface area contributed by atoms with Crippen LogP contribution in [0.4, 0.5) is 30.2 Å². The van der Waals surface area contributed by atoms with Gasteiger partial charge in [0.15, 0.2) is 0 Å². The summed E-state index contributed by atoms with van der Waals surface area (Å²) in [6.07, 6.45) is -0.182. The monoisotopic (exact) mass is 473 g/mol. The highest BCUT2D eigenvalue weighted by molar-refractivity contribution is 6.06. The molecule has 180 valence electrons. The summed E-state index contributed by atoms with van der Waals surface area (Å²) in [4.78, 5) is 26.9. The Balaban J connectivity index is 1.77. The van der Waals surface area contributed by atoms with Crippen molar-refractivity contribution in [3.63, 3.8) is 0 Å². The fourth-order valence-corrected chi connectivity index (χ4v) is 3.40. The second kappa shape index (κ2) is 10.9. The number of amides is 2. The zero-order valence-corrected chi connectivity index (χ0v) is 18.9. The van der Waals surface area contributed by atoms with E-state index in [1.54, 1.807) is 24.3 Å². The molecule has 0 spiro atoms. The zero-order chi connectivity index (χ0) is 24.7. The van der Waals surface area contributed by atoms with E-state index in [0.717, 1.165) is 43.8 Å². The summed E-state index contributed by atoms with van der Waals surface area (Å²) in [5.41, 5.74) is -0.180.